The van der Waals surface area contributed by atoms with E-state index in [0.717, 1.165) is 10.9 Å². The van der Waals surface area contributed by atoms with E-state index in [4.69, 9.17) is 4.52 Å². The minimum Gasteiger partial charge on any atom is -0.360 e. The average Bonchev–Trinajstić information content (AvgIpc) is 3.18. The zero-order valence-electron chi connectivity index (χ0n) is 14.5. The molecule has 128 valence electrons. The van der Waals surface area contributed by atoms with Gasteiger partial charge < -0.3 is 9.84 Å². The van der Waals surface area contributed by atoms with E-state index < -0.39 is 0 Å². The first-order valence-electron chi connectivity index (χ1n) is 8.59. The predicted molar refractivity (Wildman–Crippen MR) is 97.8 cm³/mol. The maximum atomic E-state index is 12.6. The van der Waals surface area contributed by atoms with Crippen molar-refractivity contribution >= 4 is 23.4 Å². The number of anilines is 1. The second-order valence-corrected chi connectivity index (χ2v) is 8.04. The van der Waals surface area contributed by atoms with Crippen molar-refractivity contribution in [2.75, 3.05) is 5.32 Å². The SMILES string of the molecule is Cc1noc(C(C)C)c1C(=O)Nc1ccc(SC2CCCC2)cc1. The molecular formula is C19H24N2O2S. The van der Waals surface area contributed by atoms with Gasteiger partial charge in [0.1, 0.15) is 5.56 Å². The lowest BCUT2D eigenvalue weighted by Crippen LogP contribution is -2.14. The van der Waals surface area contributed by atoms with E-state index in [-0.39, 0.29) is 11.8 Å². The van der Waals surface area contributed by atoms with Crippen LogP contribution in [0, 0.1) is 6.92 Å². The Labute approximate surface area is 147 Å². The molecule has 1 amide bonds. The van der Waals surface area contributed by atoms with Crippen molar-refractivity contribution in [3.8, 4) is 0 Å². The number of carbonyl (C=O) groups is 1. The Bertz CT molecular complexity index is 701. The highest BCUT2D eigenvalue weighted by atomic mass is 32.2. The van der Waals surface area contributed by atoms with E-state index in [0.29, 0.717) is 17.0 Å². The summed E-state index contributed by atoms with van der Waals surface area (Å²) in [4.78, 5) is 13.8. The summed E-state index contributed by atoms with van der Waals surface area (Å²) >= 11 is 1.95. The number of carbonyl (C=O) groups excluding carboxylic acids is 1. The van der Waals surface area contributed by atoms with Crippen LogP contribution in [0.15, 0.2) is 33.7 Å². The van der Waals surface area contributed by atoms with Crippen molar-refractivity contribution in [1.29, 1.82) is 0 Å². The monoisotopic (exact) mass is 344 g/mol. The summed E-state index contributed by atoms with van der Waals surface area (Å²) in [5, 5.41) is 7.63. The van der Waals surface area contributed by atoms with Crippen molar-refractivity contribution in [2.24, 2.45) is 0 Å². The lowest BCUT2D eigenvalue weighted by Gasteiger charge is -2.10. The standard InChI is InChI=1S/C19H24N2O2S/c1-12(2)18-17(13(3)21-23-18)19(22)20-14-8-10-16(11-9-14)24-15-6-4-5-7-15/h8-12,15H,4-7H2,1-3H3,(H,20,22). The fourth-order valence-electron chi connectivity index (χ4n) is 3.07. The number of hydrogen-bond donors (Lipinski definition) is 1. The molecule has 0 aliphatic heterocycles. The molecule has 24 heavy (non-hydrogen) atoms. The smallest absolute Gasteiger partial charge is 0.261 e. The topological polar surface area (TPSA) is 55.1 Å². The van der Waals surface area contributed by atoms with E-state index in [1.54, 1.807) is 6.92 Å². The lowest BCUT2D eigenvalue weighted by molar-refractivity contribution is 0.102. The minimum atomic E-state index is -0.159. The van der Waals surface area contributed by atoms with Crippen LogP contribution >= 0.6 is 11.8 Å². The normalized spacial score (nSPS) is 15.2. The summed E-state index contributed by atoms with van der Waals surface area (Å²) in [6.07, 6.45) is 5.33. The van der Waals surface area contributed by atoms with Crippen LogP contribution in [0.4, 0.5) is 5.69 Å². The third-order valence-electron chi connectivity index (χ3n) is 4.36. The van der Waals surface area contributed by atoms with Gasteiger partial charge in [0.15, 0.2) is 5.76 Å². The highest BCUT2D eigenvalue weighted by molar-refractivity contribution is 8.00. The van der Waals surface area contributed by atoms with Crippen molar-refractivity contribution < 1.29 is 9.32 Å². The molecule has 4 nitrogen and oxygen atoms in total. The molecule has 3 rings (SSSR count). The van der Waals surface area contributed by atoms with Gasteiger partial charge in [0.2, 0.25) is 0 Å². The molecule has 0 bridgehead atoms. The largest absolute Gasteiger partial charge is 0.360 e. The highest BCUT2D eigenvalue weighted by Crippen LogP contribution is 2.35. The maximum absolute atomic E-state index is 12.6. The summed E-state index contributed by atoms with van der Waals surface area (Å²) in [6.45, 7) is 5.78. The van der Waals surface area contributed by atoms with Crippen molar-refractivity contribution in [3.05, 3.63) is 41.3 Å². The zero-order valence-corrected chi connectivity index (χ0v) is 15.3. The Balaban J connectivity index is 1.67. The first kappa shape index (κ1) is 17.1. The van der Waals surface area contributed by atoms with Crippen LogP contribution in [0.5, 0.6) is 0 Å². The molecule has 0 spiro atoms. The van der Waals surface area contributed by atoms with Gasteiger partial charge in [-0.3, -0.25) is 4.79 Å². The summed E-state index contributed by atoms with van der Waals surface area (Å²) in [6, 6.07) is 8.10. The third-order valence-corrected chi connectivity index (χ3v) is 5.71. The molecule has 1 saturated carbocycles. The molecule has 0 atom stereocenters. The molecule has 1 fully saturated rings. The van der Waals surface area contributed by atoms with Gasteiger partial charge >= 0.3 is 0 Å². The molecule has 1 N–H and O–H groups in total. The van der Waals surface area contributed by atoms with Crippen molar-refractivity contribution in [1.82, 2.24) is 5.16 Å². The van der Waals surface area contributed by atoms with Gasteiger partial charge in [0.25, 0.3) is 5.91 Å². The minimum absolute atomic E-state index is 0.122. The molecule has 0 saturated heterocycles. The van der Waals surface area contributed by atoms with E-state index in [9.17, 15) is 4.79 Å². The van der Waals surface area contributed by atoms with Gasteiger partial charge in [-0.05, 0) is 44.0 Å². The molecule has 1 heterocycles. The number of amides is 1. The quantitative estimate of drug-likeness (QED) is 0.789. The van der Waals surface area contributed by atoms with Gasteiger partial charge in [0, 0.05) is 21.8 Å². The highest BCUT2D eigenvalue weighted by Gasteiger charge is 2.22. The van der Waals surface area contributed by atoms with Crippen LogP contribution in [0.25, 0.3) is 0 Å². The zero-order chi connectivity index (χ0) is 17.1. The molecule has 0 radical (unpaired) electrons. The predicted octanol–water partition coefficient (Wildman–Crippen LogP) is 5.39. The Morgan fingerprint density at radius 3 is 2.54 bits per heavy atom. The van der Waals surface area contributed by atoms with E-state index >= 15 is 0 Å². The van der Waals surface area contributed by atoms with Crippen LogP contribution in [-0.4, -0.2) is 16.3 Å². The number of benzene rings is 1. The van der Waals surface area contributed by atoms with Gasteiger partial charge in [-0.2, -0.15) is 0 Å². The van der Waals surface area contributed by atoms with Crippen LogP contribution < -0.4 is 5.32 Å². The number of hydrogen-bond acceptors (Lipinski definition) is 4. The second kappa shape index (κ2) is 7.43. The Kier molecular flexibility index (Phi) is 5.29. The van der Waals surface area contributed by atoms with E-state index in [2.05, 4.69) is 22.6 Å². The summed E-state index contributed by atoms with van der Waals surface area (Å²) in [5.74, 6) is 0.601. The number of nitrogens with zero attached hydrogens (tertiary/aromatic N) is 1. The molecule has 1 aromatic carbocycles. The number of thioether (sulfide) groups is 1. The molecule has 5 heteroatoms. The molecule has 2 aromatic rings. The van der Waals surface area contributed by atoms with Crippen LogP contribution in [0.3, 0.4) is 0 Å². The number of aromatic nitrogens is 1. The van der Waals surface area contributed by atoms with Gasteiger partial charge in [-0.15, -0.1) is 11.8 Å². The molecular weight excluding hydrogens is 320 g/mol. The van der Waals surface area contributed by atoms with Crippen LogP contribution in [-0.2, 0) is 0 Å². The van der Waals surface area contributed by atoms with Gasteiger partial charge in [0.05, 0.1) is 5.69 Å². The number of nitrogens with one attached hydrogen (secondary N) is 1. The maximum Gasteiger partial charge on any atom is 0.261 e. The summed E-state index contributed by atoms with van der Waals surface area (Å²) < 4.78 is 5.29. The van der Waals surface area contributed by atoms with Crippen molar-refractivity contribution in [3.63, 3.8) is 0 Å². The first-order valence-corrected chi connectivity index (χ1v) is 9.47. The number of aryl methyl sites for hydroxylation is 1. The van der Waals surface area contributed by atoms with Crippen LogP contribution in [0.2, 0.25) is 0 Å². The Morgan fingerprint density at radius 2 is 1.92 bits per heavy atom. The molecule has 1 aliphatic rings. The molecule has 1 aromatic heterocycles. The molecule has 0 unspecified atom stereocenters. The van der Waals surface area contributed by atoms with Crippen LogP contribution in [0.1, 0.15) is 67.3 Å². The molecule has 1 aliphatic carbocycles. The third kappa shape index (κ3) is 3.83. The van der Waals surface area contributed by atoms with Gasteiger partial charge in [-0.1, -0.05) is 31.8 Å². The average molecular weight is 344 g/mol. The Hall–Kier alpha value is -1.75. The van der Waals surface area contributed by atoms with E-state index in [1.165, 1.54) is 30.6 Å². The lowest BCUT2D eigenvalue weighted by atomic mass is 10.0. The second-order valence-electron chi connectivity index (χ2n) is 6.66. The fourth-order valence-corrected chi connectivity index (χ4v) is 4.31. The Morgan fingerprint density at radius 1 is 1.25 bits per heavy atom. The number of rotatable bonds is 5. The van der Waals surface area contributed by atoms with Gasteiger partial charge in [-0.25, -0.2) is 0 Å². The van der Waals surface area contributed by atoms with E-state index in [1.807, 2.05) is 37.7 Å². The summed E-state index contributed by atoms with van der Waals surface area (Å²) in [5.41, 5.74) is 1.98. The fraction of sp³-hybridized carbons (Fsp3) is 0.474. The first-order chi connectivity index (χ1) is 11.5. The van der Waals surface area contributed by atoms with Crippen molar-refractivity contribution in [2.45, 2.75) is 62.5 Å². The summed E-state index contributed by atoms with van der Waals surface area (Å²) in [7, 11) is 0.